The van der Waals surface area contributed by atoms with E-state index in [1.165, 1.54) is 0 Å². The second-order valence-electron chi connectivity index (χ2n) is 5.70. The summed E-state index contributed by atoms with van der Waals surface area (Å²) >= 11 is 1.81. The monoisotopic (exact) mass is 272 g/mol. The van der Waals surface area contributed by atoms with Crippen LogP contribution >= 0.6 is 11.8 Å². The largest absolute Gasteiger partial charge is 0.325 e. The summed E-state index contributed by atoms with van der Waals surface area (Å²) < 4.78 is 0. The lowest BCUT2D eigenvalue weighted by Crippen LogP contribution is -2.39. The number of thioether (sulfide) groups is 1. The minimum Gasteiger partial charge on any atom is -0.325 e. The van der Waals surface area contributed by atoms with Gasteiger partial charge in [0.25, 0.3) is 0 Å². The molecule has 3 nitrogen and oxygen atoms in total. The number of hydrogen-bond donors (Lipinski definition) is 1. The molecule has 1 N–H and O–H groups in total. The predicted octanol–water partition coefficient (Wildman–Crippen LogP) is 2.57. The van der Waals surface area contributed by atoms with E-state index < -0.39 is 0 Å². The molecule has 106 valence electrons. The van der Waals surface area contributed by atoms with Crippen molar-refractivity contribution in [3.63, 3.8) is 0 Å². The molecule has 3 unspecified atom stereocenters. The maximum atomic E-state index is 12.5. The second-order valence-corrected chi connectivity index (χ2v) is 6.69. The van der Waals surface area contributed by atoms with Crippen molar-refractivity contribution in [1.82, 2.24) is 10.2 Å². The number of hydrogen-bond acceptors (Lipinski definition) is 3. The van der Waals surface area contributed by atoms with Gasteiger partial charge in [0.05, 0.1) is 12.2 Å². The molecular formula is C14H28N2OS. The molecule has 0 radical (unpaired) electrons. The summed E-state index contributed by atoms with van der Waals surface area (Å²) in [6, 6.07) is 0.0283. The van der Waals surface area contributed by atoms with Gasteiger partial charge in [-0.25, -0.2) is 0 Å². The highest BCUT2D eigenvalue weighted by molar-refractivity contribution is 7.98. The van der Waals surface area contributed by atoms with Crippen LogP contribution in [0, 0.1) is 11.8 Å². The first kappa shape index (κ1) is 15.8. The van der Waals surface area contributed by atoms with Crippen molar-refractivity contribution in [2.24, 2.45) is 11.8 Å². The van der Waals surface area contributed by atoms with E-state index in [0.717, 1.165) is 25.1 Å². The Balaban J connectivity index is 2.71. The summed E-state index contributed by atoms with van der Waals surface area (Å²) in [5.41, 5.74) is 0. The molecule has 18 heavy (non-hydrogen) atoms. The Kier molecular flexibility index (Phi) is 6.50. The standard InChI is InChI=1S/C14H28N2OS/c1-6-11(4)13-14(17)16(7-8-18-5)12(15-13)9-10(2)3/h10-13,15H,6-9H2,1-5H3. The zero-order chi connectivity index (χ0) is 13.7. The minimum absolute atomic E-state index is 0.0283. The van der Waals surface area contributed by atoms with Gasteiger partial charge in [-0.05, 0) is 24.5 Å². The number of rotatable bonds is 7. The SMILES string of the molecule is CCC(C)C1NC(CC(C)C)N(CCSC)C1=O. The second kappa shape index (κ2) is 7.39. The lowest BCUT2D eigenvalue weighted by molar-refractivity contribution is -0.130. The van der Waals surface area contributed by atoms with Crippen molar-refractivity contribution >= 4 is 17.7 Å². The fraction of sp³-hybridized carbons (Fsp3) is 0.929. The van der Waals surface area contributed by atoms with Crippen LogP contribution in [0.2, 0.25) is 0 Å². The quantitative estimate of drug-likeness (QED) is 0.773. The maximum Gasteiger partial charge on any atom is 0.241 e. The zero-order valence-electron chi connectivity index (χ0n) is 12.4. The Morgan fingerprint density at radius 2 is 2.06 bits per heavy atom. The predicted molar refractivity (Wildman–Crippen MR) is 79.7 cm³/mol. The van der Waals surface area contributed by atoms with Gasteiger partial charge in [-0.15, -0.1) is 0 Å². The number of carbonyl (C=O) groups is 1. The topological polar surface area (TPSA) is 32.3 Å². The highest BCUT2D eigenvalue weighted by Crippen LogP contribution is 2.23. The molecule has 3 atom stereocenters. The Morgan fingerprint density at radius 3 is 2.56 bits per heavy atom. The molecule has 1 rings (SSSR count). The van der Waals surface area contributed by atoms with E-state index in [2.05, 4.69) is 44.2 Å². The van der Waals surface area contributed by atoms with Crippen LogP contribution in [-0.4, -0.2) is 41.6 Å². The highest BCUT2D eigenvalue weighted by atomic mass is 32.2. The maximum absolute atomic E-state index is 12.5. The van der Waals surface area contributed by atoms with E-state index in [4.69, 9.17) is 0 Å². The summed E-state index contributed by atoms with van der Waals surface area (Å²) in [5.74, 6) is 2.37. The molecule has 0 aromatic carbocycles. The Bertz CT molecular complexity index is 271. The van der Waals surface area contributed by atoms with Crippen LogP contribution in [-0.2, 0) is 4.79 Å². The van der Waals surface area contributed by atoms with Crippen molar-refractivity contribution in [3.8, 4) is 0 Å². The molecule has 1 aliphatic rings. The summed E-state index contributed by atoms with van der Waals surface area (Å²) in [5, 5.41) is 3.55. The molecule has 0 bridgehead atoms. The summed E-state index contributed by atoms with van der Waals surface area (Å²) in [4.78, 5) is 14.5. The van der Waals surface area contributed by atoms with Gasteiger partial charge in [0.2, 0.25) is 5.91 Å². The first-order valence-electron chi connectivity index (χ1n) is 7.06. The van der Waals surface area contributed by atoms with Crippen molar-refractivity contribution in [2.75, 3.05) is 18.6 Å². The van der Waals surface area contributed by atoms with Gasteiger partial charge in [-0.3, -0.25) is 10.1 Å². The van der Waals surface area contributed by atoms with Crippen LogP contribution in [0.1, 0.15) is 40.5 Å². The zero-order valence-corrected chi connectivity index (χ0v) is 13.2. The minimum atomic E-state index is 0.0283. The smallest absolute Gasteiger partial charge is 0.241 e. The lowest BCUT2D eigenvalue weighted by atomic mass is 9.99. The average molecular weight is 272 g/mol. The van der Waals surface area contributed by atoms with Gasteiger partial charge in [0, 0.05) is 12.3 Å². The van der Waals surface area contributed by atoms with Gasteiger partial charge in [-0.2, -0.15) is 11.8 Å². The molecule has 1 fully saturated rings. The molecule has 0 spiro atoms. The third-order valence-electron chi connectivity index (χ3n) is 3.74. The van der Waals surface area contributed by atoms with E-state index >= 15 is 0 Å². The van der Waals surface area contributed by atoms with Crippen LogP contribution < -0.4 is 5.32 Å². The van der Waals surface area contributed by atoms with Gasteiger partial charge < -0.3 is 4.90 Å². The molecule has 1 amide bonds. The normalized spacial score (nSPS) is 26.1. The van der Waals surface area contributed by atoms with E-state index in [0.29, 0.717) is 17.7 Å². The van der Waals surface area contributed by atoms with Crippen LogP contribution in [0.15, 0.2) is 0 Å². The first-order valence-corrected chi connectivity index (χ1v) is 8.46. The fourth-order valence-electron chi connectivity index (χ4n) is 2.44. The number of nitrogens with one attached hydrogen (secondary N) is 1. The molecule has 1 heterocycles. The summed E-state index contributed by atoms with van der Waals surface area (Å²) in [6.45, 7) is 9.63. The lowest BCUT2D eigenvalue weighted by Gasteiger charge is -2.25. The number of nitrogens with zero attached hydrogens (tertiary/aromatic N) is 1. The van der Waals surface area contributed by atoms with E-state index in [9.17, 15) is 4.79 Å². The number of amides is 1. The first-order chi connectivity index (χ1) is 8.51. The molecule has 4 heteroatoms. The molecule has 0 aromatic heterocycles. The molecule has 0 aromatic rings. The van der Waals surface area contributed by atoms with Gasteiger partial charge in [0.1, 0.15) is 0 Å². The van der Waals surface area contributed by atoms with Crippen LogP contribution in [0.4, 0.5) is 0 Å². The Morgan fingerprint density at radius 1 is 1.39 bits per heavy atom. The van der Waals surface area contributed by atoms with Gasteiger partial charge in [0.15, 0.2) is 0 Å². The van der Waals surface area contributed by atoms with Gasteiger partial charge >= 0.3 is 0 Å². The summed E-state index contributed by atoms with van der Waals surface area (Å²) in [7, 11) is 0. The van der Waals surface area contributed by atoms with E-state index in [1.54, 1.807) is 11.8 Å². The fourth-order valence-corrected chi connectivity index (χ4v) is 2.82. The highest BCUT2D eigenvalue weighted by Gasteiger charge is 2.40. The van der Waals surface area contributed by atoms with Gasteiger partial charge in [-0.1, -0.05) is 34.1 Å². The molecule has 1 saturated heterocycles. The third-order valence-corrected chi connectivity index (χ3v) is 4.33. The van der Waals surface area contributed by atoms with Crippen LogP contribution in [0.25, 0.3) is 0 Å². The average Bonchev–Trinajstić information content (AvgIpc) is 2.62. The van der Waals surface area contributed by atoms with Crippen molar-refractivity contribution in [2.45, 2.75) is 52.7 Å². The molecule has 0 saturated carbocycles. The molecule has 1 aliphatic heterocycles. The van der Waals surface area contributed by atoms with Crippen LogP contribution in [0.5, 0.6) is 0 Å². The summed E-state index contributed by atoms with van der Waals surface area (Å²) in [6.07, 6.45) is 4.43. The van der Waals surface area contributed by atoms with Crippen molar-refractivity contribution in [1.29, 1.82) is 0 Å². The Labute approximate surface area is 116 Å². The molecule has 0 aliphatic carbocycles. The van der Waals surface area contributed by atoms with E-state index in [1.807, 2.05) is 0 Å². The third kappa shape index (κ3) is 3.89. The molecular weight excluding hydrogens is 244 g/mol. The van der Waals surface area contributed by atoms with Crippen molar-refractivity contribution < 1.29 is 4.79 Å². The Hall–Kier alpha value is -0.220. The number of carbonyl (C=O) groups excluding carboxylic acids is 1. The van der Waals surface area contributed by atoms with Crippen LogP contribution in [0.3, 0.4) is 0 Å². The van der Waals surface area contributed by atoms with Crippen molar-refractivity contribution in [3.05, 3.63) is 0 Å². The van der Waals surface area contributed by atoms with E-state index in [-0.39, 0.29) is 12.2 Å².